The van der Waals surface area contributed by atoms with Crippen LogP contribution >= 0.6 is 0 Å². The van der Waals surface area contributed by atoms with E-state index < -0.39 is 0 Å². The number of nitrogens with zero attached hydrogens (tertiary/aromatic N) is 1. The number of nitrogens with two attached hydrogens (primary N) is 1. The largest absolute Gasteiger partial charge is 0.496 e. The van der Waals surface area contributed by atoms with Gasteiger partial charge in [0.25, 0.3) is 0 Å². The number of rotatable bonds is 6. The second-order valence-corrected chi connectivity index (χ2v) is 4.83. The van der Waals surface area contributed by atoms with Gasteiger partial charge in [0.1, 0.15) is 5.75 Å². The molecule has 0 aromatic heterocycles. The number of methoxy groups -OCH3 is 1. The van der Waals surface area contributed by atoms with Crippen molar-refractivity contribution < 1.29 is 4.74 Å². The zero-order valence-electron chi connectivity index (χ0n) is 12.1. The van der Waals surface area contributed by atoms with Gasteiger partial charge in [-0.15, -0.1) is 0 Å². The van der Waals surface area contributed by atoms with Gasteiger partial charge < -0.3 is 4.74 Å². The Hall–Kier alpha value is -1.10. The number of benzene rings is 1. The highest BCUT2D eigenvalue weighted by Crippen LogP contribution is 2.28. The Balaban J connectivity index is 2.84. The molecule has 1 aromatic carbocycles. The van der Waals surface area contributed by atoms with E-state index in [0.717, 1.165) is 18.7 Å². The molecule has 0 aliphatic heterocycles. The van der Waals surface area contributed by atoms with Crippen LogP contribution in [0.4, 0.5) is 0 Å². The van der Waals surface area contributed by atoms with Gasteiger partial charge in [0.2, 0.25) is 0 Å². The van der Waals surface area contributed by atoms with Gasteiger partial charge in [-0.25, -0.2) is 5.43 Å². The minimum absolute atomic E-state index is 0.702. The van der Waals surface area contributed by atoms with E-state index in [1.54, 1.807) is 7.11 Å². The average molecular weight is 251 g/mol. The molecule has 3 N–H and O–H groups in total. The maximum Gasteiger partial charge on any atom is 0.124 e. The molecule has 18 heavy (non-hydrogen) atoms. The predicted molar refractivity (Wildman–Crippen MR) is 75.7 cm³/mol. The van der Waals surface area contributed by atoms with Crippen molar-refractivity contribution in [3.05, 3.63) is 28.3 Å². The molecule has 102 valence electrons. The van der Waals surface area contributed by atoms with Crippen molar-refractivity contribution in [2.75, 3.05) is 27.4 Å². The molecule has 0 amide bonds. The van der Waals surface area contributed by atoms with Gasteiger partial charge >= 0.3 is 0 Å². The first-order valence-electron chi connectivity index (χ1n) is 6.27. The van der Waals surface area contributed by atoms with E-state index in [2.05, 4.69) is 44.2 Å². The van der Waals surface area contributed by atoms with Crippen LogP contribution < -0.4 is 16.0 Å². The summed E-state index contributed by atoms with van der Waals surface area (Å²) in [4.78, 5) is 2.16. The lowest BCUT2D eigenvalue weighted by molar-refractivity contribution is 0.312. The molecule has 0 aliphatic rings. The van der Waals surface area contributed by atoms with Crippen LogP contribution in [0.3, 0.4) is 0 Å². The summed E-state index contributed by atoms with van der Waals surface area (Å²) in [5, 5.41) is 0. The topological polar surface area (TPSA) is 50.5 Å². The molecule has 0 saturated carbocycles. The van der Waals surface area contributed by atoms with Crippen molar-refractivity contribution in [3.63, 3.8) is 0 Å². The van der Waals surface area contributed by atoms with Gasteiger partial charge in [-0.2, -0.15) is 0 Å². The lowest BCUT2D eigenvalue weighted by Crippen LogP contribution is -2.36. The van der Waals surface area contributed by atoms with Gasteiger partial charge in [0.15, 0.2) is 0 Å². The van der Waals surface area contributed by atoms with Gasteiger partial charge in [-0.1, -0.05) is 6.07 Å². The molecule has 0 saturated heterocycles. The van der Waals surface area contributed by atoms with Crippen LogP contribution in [-0.4, -0.2) is 32.3 Å². The van der Waals surface area contributed by atoms with Crippen molar-refractivity contribution in [2.45, 2.75) is 27.2 Å². The summed E-state index contributed by atoms with van der Waals surface area (Å²) in [5.41, 5.74) is 7.82. The Morgan fingerprint density at radius 3 is 2.50 bits per heavy atom. The Kier molecular flexibility index (Phi) is 5.59. The lowest BCUT2D eigenvalue weighted by Gasteiger charge is -2.19. The number of likely N-dealkylation sites (N-methyl/N-ethyl adjacent to an activating group) is 1. The van der Waals surface area contributed by atoms with E-state index in [1.165, 1.54) is 22.3 Å². The average Bonchev–Trinajstić information content (AvgIpc) is 2.33. The first-order valence-corrected chi connectivity index (χ1v) is 6.27. The Bertz CT molecular complexity index is 405. The monoisotopic (exact) mass is 251 g/mol. The lowest BCUT2D eigenvalue weighted by atomic mass is 9.96. The van der Waals surface area contributed by atoms with E-state index in [1.807, 2.05) is 0 Å². The second-order valence-electron chi connectivity index (χ2n) is 4.83. The first-order chi connectivity index (χ1) is 8.51. The Labute approximate surface area is 110 Å². The van der Waals surface area contributed by atoms with Crippen LogP contribution in [-0.2, 0) is 6.42 Å². The molecule has 4 heteroatoms. The molecule has 0 bridgehead atoms. The summed E-state index contributed by atoms with van der Waals surface area (Å²) < 4.78 is 5.44. The van der Waals surface area contributed by atoms with Crippen molar-refractivity contribution in [2.24, 2.45) is 5.84 Å². The number of hydrogen-bond donors (Lipinski definition) is 2. The van der Waals surface area contributed by atoms with E-state index in [4.69, 9.17) is 10.6 Å². The summed E-state index contributed by atoms with van der Waals surface area (Å²) in [5.74, 6) is 6.31. The molecule has 0 spiro atoms. The zero-order valence-corrected chi connectivity index (χ0v) is 12.1. The van der Waals surface area contributed by atoms with Gasteiger partial charge in [0, 0.05) is 6.54 Å². The highest BCUT2D eigenvalue weighted by atomic mass is 16.5. The highest BCUT2D eigenvalue weighted by Gasteiger charge is 2.10. The fourth-order valence-electron chi connectivity index (χ4n) is 2.26. The summed E-state index contributed by atoms with van der Waals surface area (Å²) in [6, 6.07) is 2.23. The summed E-state index contributed by atoms with van der Waals surface area (Å²) in [7, 11) is 3.79. The van der Waals surface area contributed by atoms with Gasteiger partial charge in [0.05, 0.1) is 13.8 Å². The summed E-state index contributed by atoms with van der Waals surface area (Å²) in [6.45, 7) is 8.06. The molecule has 1 aromatic rings. The smallest absolute Gasteiger partial charge is 0.124 e. The highest BCUT2D eigenvalue weighted by molar-refractivity contribution is 5.49. The van der Waals surface area contributed by atoms with E-state index in [0.29, 0.717) is 6.67 Å². The third kappa shape index (κ3) is 3.45. The fourth-order valence-corrected chi connectivity index (χ4v) is 2.26. The number of hydrazine groups is 1. The van der Waals surface area contributed by atoms with Crippen LogP contribution in [0.1, 0.15) is 22.3 Å². The number of aryl methyl sites for hydroxylation is 1. The minimum atomic E-state index is 0.702. The third-order valence-electron chi connectivity index (χ3n) is 3.46. The third-order valence-corrected chi connectivity index (χ3v) is 3.46. The fraction of sp³-hybridized carbons (Fsp3) is 0.571. The molecule has 0 radical (unpaired) electrons. The van der Waals surface area contributed by atoms with Crippen molar-refractivity contribution in [1.29, 1.82) is 0 Å². The van der Waals surface area contributed by atoms with Gasteiger partial charge in [-0.3, -0.25) is 10.7 Å². The van der Waals surface area contributed by atoms with Crippen LogP contribution in [0.15, 0.2) is 6.07 Å². The quantitative estimate of drug-likeness (QED) is 0.457. The molecule has 0 fully saturated rings. The Morgan fingerprint density at radius 1 is 1.28 bits per heavy atom. The minimum Gasteiger partial charge on any atom is -0.496 e. The Morgan fingerprint density at radius 2 is 1.94 bits per heavy atom. The predicted octanol–water partition coefficient (Wildman–Crippen LogP) is 1.52. The van der Waals surface area contributed by atoms with Crippen LogP contribution in [0.5, 0.6) is 5.75 Å². The summed E-state index contributed by atoms with van der Waals surface area (Å²) in [6.07, 6.45) is 1.02. The molecule has 0 unspecified atom stereocenters. The molecule has 0 heterocycles. The van der Waals surface area contributed by atoms with Crippen LogP contribution in [0, 0.1) is 20.8 Å². The van der Waals surface area contributed by atoms with Crippen LogP contribution in [0.2, 0.25) is 0 Å². The van der Waals surface area contributed by atoms with E-state index >= 15 is 0 Å². The van der Waals surface area contributed by atoms with E-state index in [9.17, 15) is 0 Å². The summed E-state index contributed by atoms with van der Waals surface area (Å²) >= 11 is 0. The zero-order chi connectivity index (χ0) is 13.7. The maximum absolute atomic E-state index is 5.44. The van der Waals surface area contributed by atoms with Crippen molar-refractivity contribution in [1.82, 2.24) is 10.3 Å². The second kappa shape index (κ2) is 6.73. The van der Waals surface area contributed by atoms with Crippen LogP contribution in [0.25, 0.3) is 0 Å². The molecule has 4 nitrogen and oxygen atoms in total. The SMILES string of the molecule is COc1c(C)cc(CCN(C)CNN)c(C)c1C. The van der Waals surface area contributed by atoms with Gasteiger partial charge in [-0.05, 0) is 56.5 Å². The number of nitrogens with one attached hydrogen (secondary N) is 1. The van der Waals surface area contributed by atoms with E-state index in [-0.39, 0.29) is 0 Å². The molecule has 1 rings (SSSR count). The molecule has 0 aliphatic carbocycles. The number of hydrogen-bond acceptors (Lipinski definition) is 4. The standard InChI is InChI=1S/C14H25N3O/c1-10-8-13(6-7-17(4)9-16-15)11(2)12(3)14(10)18-5/h8,16H,6-7,9,15H2,1-5H3. The first kappa shape index (κ1) is 15.0. The molecular weight excluding hydrogens is 226 g/mol. The van der Waals surface area contributed by atoms with Crippen molar-refractivity contribution >= 4 is 0 Å². The normalized spacial score (nSPS) is 11.1. The number of ether oxygens (including phenoxy) is 1. The van der Waals surface area contributed by atoms with Crippen molar-refractivity contribution in [3.8, 4) is 5.75 Å². The molecule has 0 atom stereocenters. The molecular formula is C14H25N3O. The maximum atomic E-state index is 5.44.